The van der Waals surface area contributed by atoms with Crippen molar-refractivity contribution in [2.24, 2.45) is 10.7 Å². The van der Waals surface area contributed by atoms with E-state index in [1.165, 1.54) is 6.92 Å². The van der Waals surface area contributed by atoms with E-state index in [9.17, 15) is 14.7 Å². The van der Waals surface area contributed by atoms with Crippen LogP contribution in [-0.2, 0) is 4.79 Å². The number of para-hydroxylation sites is 1. The zero-order valence-electron chi connectivity index (χ0n) is 10.2. The molecule has 98 valence electrons. The third kappa shape index (κ3) is 2.47. The number of aromatic hydroxyl groups is 1. The van der Waals surface area contributed by atoms with Crippen molar-refractivity contribution in [2.45, 2.75) is 13.0 Å². The van der Waals surface area contributed by atoms with Gasteiger partial charge in [0.2, 0.25) is 5.91 Å². The van der Waals surface area contributed by atoms with E-state index in [1.807, 2.05) is 0 Å². The van der Waals surface area contributed by atoms with E-state index in [0.29, 0.717) is 5.39 Å². The van der Waals surface area contributed by atoms with Crippen molar-refractivity contribution < 1.29 is 14.3 Å². The molecule has 6 nitrogen and oxygen atoms in total. The highest BCUT2D eigenvalue weighted by molar-refractivity contribution is 5.94. The van der Waals surface area contributed by atoms with Gasteiger partial charge < -0.3 is 15.3 Å². The molecule has 19 heavy (non-hydrogen) atoms. The van der Waals surface area contributed by atoms with E-state index in [2.05, 4.69) is 4.99 Å². The van der Waals surface area contributed by atoms with Crippen LogP contribution in [0, 0.1) is 0 Å². The Labute approximate surface area is 108 Å². The van der Waals surface area contributed by atoms with E-state index >= 15 is 0 Å². The monoisotopic (exact) mass is 260 g/mol. The molecule has 1 amide bonds. The molecule has 0 fully saturated rings. The number of nitrogens with two attached hydrogens (primary N) is 1. The number of carbonyl (C=O) groups excluding carboxylic acids is 1. The molecule has 0 aliphatic carbocycles. The minimum atomic E-state index is -0.787. The topological polar surface area (TPSA) is 106 Å². The second-order valence-corrected chi connectivity index (χ2v) is 4.00. The Bertz CT molecular complexity index is 718. The van der Waals surface area contributed by atoms with E-state index in [0.717, 1.165) is 6.21 Å². The minimum Gasteiger partial charge on any atom is -0.506 e. The van der Waals surface area contributed by atoms with Gasteiger partial charge in [0.05, 0.1) is 5.39 Å². The highest BCUT2D eigenvalue weighted by Crippen LogP contribution is 2.24. The van der Waals surface area contributed by atoms with Crippen LogP contribution in [0.1, 0.15) is 12.5 Å². The molecule has 3 N–H and O–H groups in total. The molecule has 1 heterocycles. The number of carbonyl (C=O) groups is 1. The number of nitrogens with zero attached hydrogens (tertiary/aromatic N) is 1. The standard InChI is InChI=1S/C13H12N2O4/c1-7(12(14)17)15-6-9-11(16)8-4-2-3-5-10(8)19-13(9)18/h2-7,16H,1H3,(H2,14,17)/t7-/m0/s1. The number of hydrogen-bond donors (Lipinski definition) is 2. The van der Waals surface area contributed by atoms with Gasteiger partial charge in [0.1, 0.15) is 22.9 Å². The van der Waals surface area contributed by atoms with Crippen LogP contribution in [0.25, 0.3) is 11.0 Å². The van der Waals surface area contributed by atoms with Crippen molar-refractivity contribution in [1.82, 2.24) is 0 Å². The molecular formula is C13H12N2O4. The molecule has 1 aromatic carbocycles. The third-order valence-corrected chi connectivity index (χ3v) is 2.66. The fourth-order valence-corrected chi connectivity index (χ4v) is 1.52. The maximum absolute atomic E-state index is 11.7. The van der Waals surface area contributed by atoms with Gasteiger partial charge in [-0.1, -0.05) is 12.1 Å². The van der Waals surface area contributed by atoms with E-state index in [4.69, 9.17) is 10.2 Å². The molecule has 0 unspecified atom stereocenters. The van der Waals surface area contributed by atoms with Gasteiger partial charge in [-0.3, -0.25) is 9.79 Å². The number of fused-ring (bicyclic) bond motifs is 1. The quantitative estimate of drug-likeness (QED) is 0.628. The van der Waals surface area contributed by atoms with Crippen LogP contribution in [0.2, 0.25) is 0 Å². The zero-order valence-corrected chi connectivity index (χ0v) is 10.2. The minimum absolute atomic E-state index is 0.105. The fraction of sp³-hybridized carbons (Fsp3) is 0.154. The summed E-state index contributed by atoms with van der Waals surface area (Å²) in [6, 6.07) is 5.79. The van der Waals surface area contributed by atoms with Crippen LogP contribution in [0.3, 0.4) is 0 Å². The van der Waals surface area contributed by atoms with Gasteiger partial charge in [0.15, 0.2) is 0 Å². The van der Waals surface area contributed by atoms with Gasteiger partial charge in [-0.2, -0.15) is 0 Å². The highest BCUT2D eigenvalue weighted by Gasteiger charge is 2.12. The number of primary amides is 1. The number of rotatable bonds is 3. The first kappa shape index (κ1) is 12.8. The Kier molecular flexibility index (Phi) is 3.33. The number of benzene rings is 1. The number of amides is 1. The number of aliphatic imine (C=N–C) groups is 1. The first-order valence-corrected chi connectivity index (χ1v) is 5.58. The average Bonchev–Trinajstić information content (AvgIpc) is 2.38. The first-order chi connectivity index (χ1) is 9.00. The lowest BCUT2D eigenvalue weighted by molar-refractivity contribution is -0.118. The summed E-state index contributed by atoms with van der Waals surface area (Å²) in [4.78, 5) is 26.4. The lowest BCUT2D eigenvalue weighted by Crippen LogP contribution is -2.24. The van der Waals surface area contributed by atoms with Crippen LogP contribution in [0.5, 0.6) is 5.75 Å². The maximum atomic E-state index is 11.7. The summed E-state index contributed by atoms with van der Waals surface area (Å²) in [5.74, 6) is -0.854. The molecule has 0 spiro atoms. The second-order valence-electron chi connectivity index (χ2n) is 4.00. The summed E-state index contributed by atoms with van der Waals surface area (Å²) in [6.45, 7) is 1.48. The van der Waals surface area contributed by atoms with Crippen molar-refractivity contribution in [1.29, 1.82) is 0 Å². The molecule has 2 rings (SSSR count). The van der Waals surface area contributed by atoms with E-state index in [-0.39, 0.29) is 16.9 Å². The summed E-state index contributed by atoms with van der Waals surface area (Å²) in [6.07, 6.45) is 1.10. The van der Waals surface area contributed by atoms with Crippen LogP contribution >= 0.6 is 0 Å². The van der Waals surface area contributed by atoms with Crippen molar-refractivity contribution in [2.75, 3.05) is 0 Å². The summed E-state index contributed by atoms with van der Waals surface area (Å²) in [7, 11) is 0. The normalized spacial score (nSPS) is 12.9. The van der Waals surface area contributed by atoms with Crippen molar-refractivity contribution in [3.63, 3.8) is 0 Å². The van der Waals surface area contributed by atoms with Crippen molar-refractivity contribution >= 4 is 23.1 Å². The van der Waals surface area contributed by atoms with Crippen LogP contribution < -0.4 is 11.4 Å². The number of hydrogen-bond acceptors (Lipinski definition) is 5. The summed E-state index contributed by atoms with van der Waals surface area (Å²) < 4.78 is 5.04. The zero-order chi connectivity index (χ0) is 14.0. The van der Waals surface area contributed by atoms with Crippen molar-refractivity contribution in [3.05, 3.63) is 40.2 Å². The van der Waals surface area contributed by atoms with Gasteiger partial charge in [-0.25, -0.2) is 4.79 Å². The Morgan fingerprint density at radius 3 is 2.84 bits per heavy atom. The summed E-state index contributed by atoms with van der Waals surface area (Å²) >= 11 is 0. The maximum Gasteiger partial charge on any atom is 0.348 e. The Morgan fingerprint density at radius 2 is 2.16 bits per heavy atom. The third-order valence-electron chi connectivity index (χ3n) is 2.66. The van der Waals surface area contributed by atoms with Crippen LogP contribution in [0.15, 0.2) is 38.5 Å². The molecule has 2 aromatic rings. The highest BCUT2D eigenvalue weighted by atomic mass is 16.4. The van der Waals surface area contributed by atoms with Gasteiger partial charge in [0, 0.05) is 6.21 Å². The SMILES string of the molecule is C[C@H](N=Cc1c(O)c2ccccc2oc1=O)C(N)=O. The van der Waals surface area contributed by atoms with Gasteiger partial charge in [0.25, 0.3) is 0 Å². The van der Waals surface area contributed by atoms with Gasteiger partial charge >= 0.3 is 5.63 Å². The molecular weight excluding hydrogens is 248 g/mol. The smallest absolute Gasteiger partial charge is 0.348 e. The largest absolute Gasteiger partial charge is 0.506 e. The van der Waals surface area contributed by atoms with E-state index in [1.54, 1.807) is 24.3 Å². The summed E-state index contributed by atoms with van der Waals surface area (Å²) in [5, 5.41) is 10.4. The Balaban J connectivity index is 2.55. The lowest BCUT2D eigenvalue weighted by atomic mass is 10.1. The second kappa shape index (κ2) is 4.93. The van der Waals surface area contributed by atoms with Gasteiger partial charge in [-0.05, 0) is 19.1 Å². The predicted molar refractivity (Wildman–Crippen MR) is 70.4 cm³/mol. The van der Waals surface area contributed by atoms with Crippen LogP contribution in [0.4, 0.5) is 0 Å². The summed E-state index contributed by atoms with van der Waals surface area (Å²) in [5.41, 5.74) is 4.50. The molecule has 1 aromatic heterocycles. The lowest BCUT2D eigenvalue weighted by Gasteiger charge is -2.03. The molecule has 0 saturated heterocycles. The van der Waals surface area contributed by atoms with Crippen LogP contribution in [-0.4, -0.2) is 23.3 Å². The molecule has 0 aliphatic rings. The van der Waals surface area contributed by atoms with E-state index < -0.39 is 17.6 Å². The average molecular weight is 260 g/mol. The predicted octanol–water partition coefficient (Wildman–Crippen LogP) is 0.791. The van der Waals surface area contributed by atoms with Crippen molar-refractivity contribution in [3.8, 4) is 5.75 Å². The molecule has 0 saturated carbocycles. The molecule has 1 atom stereocenters. The molecule has 0 bridgehead atoms. The Morgan fingerprint density at radius 1 is 1.47 bits per heavy atom. The Hall–Kier alpha value is -2.63. The first-order valence-electron chi connectivity index (χ1n) is 5.58. The molecule has 0 radical (unpaired) electrons. The molecule has 0 aliphatic heterocycles. The molecule has 6 heteroatoms. The van der Waals surface area contributed by atoms with Gasteiger partial charge in [-0.15, -0.1) is 0 Å². The fourth-order valence-electron chi connectivity index (χ4n) is 1.52.